The van der Waals surface area contributed by atoms with Crippen LogP contribution in [-0.2, 0) is 21.1 Å². The Morgan fingerprint density at radius 1 is 0.400 bits per heavy atom. The molecule has 3 rings (SSSR count). The first-order valence-corrected chi connectivity index (χ1v) is 7.74. The number of hydrogen-bond acceptors (Lipinski definition) is 0. The van der Waals surface area contributed by atoms with Crippen LogP contribution in [0.1, 0.15) is 0 Å². The van der Waals surface area contributed by atoms with Crippen LogP contribution < -0.4 is 15.9 Å². The minimum absolute atomic E-state index is 0. The molecule has 3 aromatic rings. The summed E-state index contributed by atoms with van der Waals surface area (Å²) in [6, 6.07) is 32.3. The summed E-state index contributed by atoms with van der Waals surface area (Å²) in [4.78, 5) is 0. The van der Waals surface area contributed by atoms with Crippen molar-refractivity contribution in [2.45, 2.75) is 0 Å². The van der Waals surface area contributed by atoms with E-state index in [1.54, 1.807) is 0 Å². The van der Waals surface area contributed by atoms with Crippen molar-refractivity contribution in [3.8, 4) is 0 Å². The molecule has 0 bridgehead atoms. The van der Waals surface area contributed by atoms with Gasteiger partial charge >= 0.3 is 0 Å². The van der Waals surface area contributed by atoms with Crippen molar-refractivity contribution in [2.24, 2.45) is 0 Å². The quantitative estimate of drug-likeness (QED) is 0.529. The average Bonchev–Trinajstić information content (AvgIpc) is 2.51. The normalized spacial score (nSPS) is 10.1. The summed E-state index contributed by atoms with van der Waals surface area (Å²) in [6.45, 7) is 0. The Morgan fingerprint density at radius 3 is 0.900 bits per heavy atom. The van der Waals surface area contributed by atoms with Crippen LogP contribution in [-0.4, -0.2) is 0 Å². The standard InChI is InChI=1S/C18H15P.Pt/c1-4-10-16(11-5-1)19(17-12-6-2-7-13-17)18-14-8-3-9-15-18;/h1-15H;. The molecule has 0 saturated carbocycles. The van der Waals surface area contributed by atoms with Crippen LogP contribution in [0, 0.1) is 0 Å². The molecular weight excluding hydrogens is 442 g/mol. The van der Waals surface area contributed by atoms with Gasteiger partial charge in [-0.25, -0.2) is 0 Å². The van der Waals surface area contributed by atoms with E-state index in [1.165, 1.54) is 15.9 Å². The second-order valence-electron chi connectivity index (χ2n) is 4.34. The van der Waals surface area contributed by atoms with Gasteiger partial charge in [-0.2, -0.15) is 0 Å². The van der Waals surface area contributed by atoms with Crippen molar-refractivity contribution in [3.05, 3.63) is 91.0 Å². The van der Waals surface area contributed by atoms with E-state index in [0.29, 0.717) is 0 Å². The van der Waals surface area contributed by atoms with Crippen LogP contribution in [0.4, 0.5) is 0 Å². The molecule has 0 aliphatic rings. The van der Waals surface area contributed by atoms with Crippen LogP contribution in [0.2, 0.25) is 0 Å². The smallest absolute Gasteiger partial charge is 0 e. The summed E-state index contributed by atoms with van der Waals surface area (Å²) in [5.74, 6) is 0. The Labute approximate surface area is 135 Å². The molecule has 0 radical (unpaired) electrons. The molecule has 0 saturated heterocycles. The van der Waals surface area contributed by atoms with Crippen LogP contribution in [0.15, 0.2) is 91.0 Å². The summed E-state index contributed by atoms with van der Waals surface area (Å²) in [6.07, 6.45) is 0. The molecular formula is C18H15PPt. The molecule has 0 aromatic heterocycles. The van der Waals surface area contributed by atoms with Crippen molar-refractivity contribution >= 4 is 23.8 Å². The molecule has 2 heteroatoms. The van der Waals surface area contributed by atoms with Gasteiger partial charge in [-0.15, -0.1) is 0 Å². The van der Waals surface area contributed by atoms with Crippen molar-refractivity contribution in [1.29, 1.82) is 0 Å². The zero-order valence-electron chi connectivity index (χ0n) is 10.9. The molecule has 0 atom stereocenters. The minimum atomic E-state index is -0.446. The van der Waals surface area contributed by atoms with Crippen LogP contribution >= 0.6 is 7.92 Å². The second-order valence-corrected chi connectivity index (χ2v) is 6.56. The Balaban J connectivity index is 0.00000147. The van der Waals surface area contributed by atoms with Crippen molar-refractivity contribution in [1.82, 2.24) is 0 Å². The molecule has 0 aliphatic carbocycles. The third-order valence-electron chi connectivity index (χ3n) is 3.04. The predicted molar refractivity (Wildman–Crippen MR) is 85.1 cm³/mol. The van der Waals surface area contributed by atoms with Crippen LogP contribution in [0.25, 0.3) is 0 Å². The van der Waals surface area contributed by atoms with E-state index in [0.717, 1.165) is 0 Å². The monoisotopic (exact) mass is 457 g/mol. The Kier molecular flexibility index (Phi) is 5.71. The van der Waals surface area contributed by atoms with Crippen molar-refractivity contribution < 1.29 is 21.1 Å². The first-order valence-electron chi connectivity index (χ1n) is 6.40. The van der Waals surface area contributed by atoms with Gasteiger partial charge in [0.15, 0.2) is 0 Å². The van der Waals surface area contributed by atoms with Gasteiger partial charge in [0.05, 0.1) is 0 Å². The maximum atomic E-state index is 2.23. The van der Waals surface area contributed by atoms with Crippen molar-refractivity contribution in [3.63, 3.8) is 0 Å². The molecule has 0 amide bonds. The van der Waals surface area contributed by atoms with Gasteiger partial charge in [0.1, 0.15) is 0 Å². The first kappa shape index (κ1) is 15.2. The van der Waals surface area contributed by atoms with E-state index in [9.17, 15) is 0 Å². The summed E-state index contributed by atoms with van der Waals surface area (Å²) in [5.41, 5.74) is 0. The summed E-state index contributed by atoms with van der Waals surface area (Å²) < 4.78 is 0. The second kappa shape index (κ2) is 7.53. The van der Waals surface area contributed by atoms with Gasteiger partial charge in [-0.05, 0) is 23.8 Å². The molecule has 0 nitrogen and oxygen atoms in total. The minimum Gasteiger partial charge on any atom is -0.0622 e. The predicted octanol–water partition coefficient (Wildman–Crippen LogP) is 3.44. The van der Waals surface area contributed by atoms with E-state index in [1.807, 2.05) is 0 Å². The number of hydrogen-bond donors (Lipinski definition) is 0. The third kappa shape index (κ3) is 3.45. The van der Waals surface area contributed by atoms with Crippen LogP contribution in [0.5, 0.6) is 0 Å². The third-order valence-corrected chi connectivity index (χ3v) is 5.49. The van der Waals surface area contributed by atoms with Crippen molar-refractivity contribution in [2.75, 3.05) is 0 Å². The van der Waals surface area contributed by atoms with E-state index >= 15 is 0 Å². The van der Waals surface area contributed by atoms with Gasteiger partial charge in [0, 0.05) is 21.1 Å². The molecule has 0 aliphatic heterocycles. The molecule has 0 fully saturated rings. The molecule has 0 heterocycles. The summed E-state index contributed by atoms with van der Waals surface area (Å²) in [5, 5.41) is 4.19. The zero-order chi connectivity index (χ0) is 12.9. The maximum Gasteiger partial charge on any atom is 0 e. The Bertz CT molecular complexity index is 529. The van der Waals surface area contributed by atoms with Gasteiger partial charge in [0.2, 0.25) is 0 Å². The van der Waals surface area contributed by atoms with Gasteiger partial charge < -0.3 is 0 Å². The molecule has 0 unspecified atom stereocenters. The summed E-state index contributed by atoms with van der Waals surface area (Å²) in [7, 11) is -0.446. The fourth-order valence-corrected chi connectivity index (χ4v) is 4.48. The van der Waals surface area contributed by atoms with Crippen LogP contribution in [0.3, 0.4) is 0 Å². The Hall–Kier alpha value is -1.22. The largest absolute Gasteiger partial charge is 0.0622 e. The molecule has 20 heavy (non-hydrogen) atoms. The van der Waals surface area contributed by atoms with Gasteiger partial charge in [-0.3, -0.25) is 0 Å². The van der Waals surface area contributed by atoms with Gasteiger partial charge in [-0.1, -0.05) is 91.0 Å². The van der Waals surface area contributed by atoms with E-state index in [4.69, 9.17) is 0 Å². The number of benzene rings is 3. The SMILES string of the molecule is [Pt].c1ccc(P(c2ccccc2)c2ccccc2)cc1. The van der Waals surface area contributed by atoms with E-state index in [2.05, 4.69) is 91.0 Å². The first-order chi connectivity index (χ1) is 9.45. The Morgan fingerprint density at radius 2 is 0.650 bits per heavy atom. The van der Waals surface area contributed by atoms with Gasteiger partial charge in [0.25, 0.3) is 0 Å². The molecule has 102 valence electrons. The molecule has 3 aromatic carbocycles. The number of rotatable bonds is 3. The zero-order valence-corrected chi connectivity index (χ0v) is 14.1. The topological polar surface area (TPSA) is 0 Å². The summed E-state index contributed by atoms with van der Waals surface area (Å²) >= 11 is 0. The fourth-order valence-electron chi connectivity index (χ4n) is 2.18. The fraction of sp³-hybridized carbons (Fsp3) is 0. The average molecular weight is 457 g/mol. The molecule has 0 N–H and O–H groups in total. The molecule has 0 spiro atoms. The maximum absolute atomic E-state index is 2.23. The van der Waals surface area contributed by atoms with E-state index < -0.39 is 7.92 Å². The van der Waals surface area contributed by atoms with E-state index in [-0.39, 0.29) is 21.1 Å².